The van der Waals surface area contributed by atoms with Crippen LogP contribution in [0.1, 0.15) is 10.4 Å². The highest BCUT2D eigenvalue weighted by Gasteiger charge is 2.41. The second-order valence-electron chi connectivity index (χ2n) is 3.21. The monoisotopic (exact) mass is 243 g/mol. The molecule has 0 amide bonds. The van der Waals surface area contributed by atoms with Crippen molar-refractivity contribution in [1.29, 1.82) is 0 Å². The van der Waals surface area contributed by atoms with Gasteiger partial charge in [-0.15, -0.1) is 0 Å². The maximum absolute atomic E-state index is 13.3. The summed E-state index contributed by atoms with van der Waals surface area (Å²) < 4.78 is 43.7. The lowest BCUT2D eigenvalue weighted by molar-refractivity contribution is 0.0998. The topological polar surface area (TPSA) is 83.8 Å². The standard InChI is InChI=1S/C9H6FNO4S/c10-9-8(16(13,14)15)7(12)5-3-1-2-4-6(5)11-9/h1-4,8H,(H,13,14,15). The predicted molar refractivity (Wildman–Crippen MR) is 54.3 cm³/mol. The lowest BCUT2D eigenvalue weighted by atomic mass is 10.0. The minimum Gasteiger partial charge on any atom is -0.292 e. The molecule has 0 fully saturated rings. The van der Waals surface area contributed by atoms with Gasteiger partial charge in [-0.3, -0.25) is 9.35 Å². The number of para-hydroxylation sites is 1. The van der Waals surface area contributed by atoms with Crippen LogP contribution in [0, 0.1) is 0 Å². The van der Waals surface area contributed by atoms with Crippen molar-refractivity contribution < 1.29 is 22.2 Å². The highest BCUT2D eigenvalue weighted by atomic mass is 32.2. The van der Waals surface area contributed by atoms with Gasteiger partial charge in [-0.25, -0.2) is 4.99 Å². The van der Waals surface area contributed by atoms with Gasteiger partial charge in [-0.05, 0) is 12.1 Å². The van der Waals surface area contributed by atoms with Gasteiger partial charge in [0.1, 0.15) is 0 Å². The molecule has 0 saturated heterocycles. The Labute approximate surface area is 90.4 Å². The van der Waals surface area contributed by atoms with Crippen LogP contribution in [0.5, 0.6) is 0 Å². The Balaban J connectivity index is 2.65. The highest BCUT2D eigenvalue weighted by molar-refractivity contribution is 7.88. The summed E-state index contributed by atoms with van der Waals surface area (Å²) >= 11 is 0. The van der Waals surface area contributed by atoms with Crippen LogP contribution in [-0.2, 0) is 10.1 Å². The first-order valence-electron chi connectivity index (χ1n) is 4.25. The summed E-state index contributed by atoms with van der Waals surface area (Å²) in [5.74, 6) is -2.42. The van der Waals surface area contributed by atoms with Gasteiger partial charge in [0, 0.05) is 5.56 Å². The number of Topliss-reactive ketones (excluding diaryl/α,β-unsaturated/α-hetero) is 1. The highest BCUT2D eigenvalue weighted by Crippen LogP contribution is 2.28. The Hall–Kier alpha value is -1.60. The molecular weight excluding hydrogens is 237 g/mol. The molecule has 1 aromatic rings. The summed E-state index contributed by atoms with van der Waals surface area (Å²) in [6.07, 6.45) is 0. The molecule has 7 heteroatoms. The molecular formula is C9H6FNO4S. The summed E-state index contributed by atoms with van der Waals surface area (Å²) in [7, 11) is -4.82. The zero-order valence-electron chi connectivity index (χ0n) is 7.79. The molecule has 0 aromatic heterocycles. The van der Waals surface area contributed by atoms with Crippen molar-refractivity contribution in [2.45, 2.75) is 5.25 Å². The summed E-state index contributed by atoms with van der Waals surface area (Å²) in [6, 6.07) is 5.74. The third-order valence-electron chi connectivity index (χ3n) is 2.15. The largest absolute Gasteiger partial charge is 0.292 e. The fourth-order valence-corrected chi connectivity index (χ4v) is 2.16. The van der Waals surface area contributed by atoms with E-state index in [1.54, 1.807) is 0 Å². The van der Waals surface area contributed by atoms with E-state index in [0.29, 0.717) is 0 Å². The van der Waals surface area contributed by atoms with E-state index in [1.165, 1.54) is 24.3 Å². The van der Waals surface area contributed by atoms with E-state index < -0.39 is 27.1 Å². The van der Waals surface area contributed by atoms with Crippen molar-refractivity contribution >= 4 is 27.6 Å². The molecule has 84 valence electrons. The van der Waals surface area contributed by atoms with Crippen molar-refractivity contribution in [3.63, 3.8) is 0 Å². The second-order valence-corrected chi connectivity index (χ2v) is 4.71. The Morgan fingerprint density at radius 3 is 2.56 bits per heavy atom. The fraction of sp³-hybridized carbons (Fsp3) is 0.111. The van der Waals surface area contributed by atoms with E-state index in [0.717, 1.165) is 0 Å². The van der Waals surface area contributed by atoms with Crippen LogP contribution in [0.4, 0.5) is 10.1 Å². The van der Waals surface area contributed by atoms with Crippen LogP contribution in [0.15, 0.2) is 29.3 Å². The number of aliphatic imine (C=N–C) groups is 1. The second kappa shape index (κ2) is 3.46. The van der Waals surface area contributed by atoms with Gasteiger partial charge in [-0.1, -0.05) is 12.1 Å². The zero-order valence-corrected chi connectivity index (χ0v) is 8.61. The molecule has 1 aliphatic rings. The van der Waals surface area contributed by atoms with Crippen LogP contribution < -0.4 is 0 Å². The average Bonchev–Trinajstić information content (AvgIpc) is 2.15. The summed E-state index contributed by atoms with van der Waals surface area (Å²) in [5.41, 5.74) is 0.0384. The fourth-order valence-electron chi connectivity index (χ4n) is 1.46. The number of hydrogen-bond acceptors (Lipinski definition) is 4. The van der Waals surface area contributed by atoms with Crippen LogP contribution in [0.2, 0.25) is 0 Å². The molecule has 16 heavy (non-hydrogen) atoms. The van der Waals surface area contributed by atoms with Gasteiger partial charge in [0.05, 0.1) is 5.69 Å². The van der Waals surface area contributed by atoms with Gasteiger partial charge < -0.3 is 0 Å². The van der Waals surface area contributed by atoms with Crippen LogP contribution in [0.25, 0.3) is 0 Å². The van der Waals surface area contributed by atoms with Gasteiger partial charge in [0.2, 0.25) is 11.2 Å². The molecule has 1 N–H and O–H groups in total. The Morgan fingerprint density at radius 1 is 1.31 bits per heavy atom. The van der Waals surface area contributed by atoms with Crippen molar-refractivity contribution in [3.8, 4) is 0 Å². The molecule has 1 atom stereocenters. The van der Waals surface area contributed by atoms with E-state index in [2.05, 4.69) is 4.99 Å². The lowest BCUT2D eigenvalue weighted by Gasteiger charge is -2.16. The molecule has 1 aliphatic heterocycles. The first-order valence-corrected chi connectivity index (χ1v) is 5.75. The number of halogens is 1. The van der Waals surface area contributed by atoms with E-state index in [-0.39, 0.29) is 11.3 Å². The predicted octanol–water partition coefficient (Wildman–Crippen LogP) is 1.14. The summed E-state index contributed by atoms with van der Waals surface area (Å²) in [5, 5.41) is -2.23. The molecule has 0 saturated carbocycles. The molecule has 0 aliphatic carbocycles. The van der Waals surface area contributed by atoms with Crippen LogP contribution >= 0.6 is 0 Å². The van der Waals surface area contributed by atoms with E-state index in [1.807, 2.05) is 0 Å². The third kappa shape index (κ3) is 1.63. The lowest BCUT2D eigenvalue weighted by Crippen LogP contribution is -2.37. The van der Waals surface area contributed by atoms with Crippen LogP contribution in [-0.4, -0.2) is 30.0 Å². The smallest absolute Gasteiger partial charge is 0.283 e. The first-order chi connectivity index (χ1) is 7.41. The van der Waals surface area contributed by atoms with Gasteiger partial charge in [-0.2, -0.15) is 12.8 Å². The quantitative estimate of drug-likeness (QED) is 0.749. The summed E-state index contributed by atoms with van der Waals surface area (Å²) in [6.45, 7) is 0. The Morgan fingerprint density at radius 2 is 1.94 bits per heavy atom. The van der Waals surface area contributed by atoms with Gasteiger partial charge in [0.25, 0.3) is 10.1 Å². The van der Waals surface area contributed by atoms with E-state index in [4.69, 9.17) is 4.55 Å². The maximum atomic E-state index is 13.3. The molecule has 0 spiro atoms. The molecule has 1 unspecified atom stereocenters. The molecule has 2 rings (SSSR count). The zero-order chi connectivity index (χ0) is 11.9. The minimum absolute atomic E-state index is 0.0217. The number of carbonyl (C=O) groups excluding carboxylic acids is 1. The number of nitrogens with zero attached hydrogens (tertiary/aromatic N) is 1. The van der Waals surface area contributed by atoms with E-state index >= 15 is 0 Å². The van der Waals surface area contributed by atoms with Gasteiger partial charge >= 0.3 is 0 Å². The molecule has 1 aromatic carbocycles. The molecule has 5 nitrogen and oxygen atoms in total. The Bertz CT molecular complexity index is 593. The van der Waals surface area contributed by atoms with Crippen LogP contribution in [0.3, 0.4) is 0 Å². The average molecular weight is 243 g/mol. The SMILES string of the molecule is O=C1c2ccccc2N=C(F)C1S(=O)(=O)O. The van der Waals surface area contributed by atoms with Gasteiger partial charge in [0.15, 0.2) is 5.78 Å². The maximum Gasteiger partial charge on any atom is 0.283 e. The molecule has 0 radical (unpaired) electrons. The molecule has 1 heterocycles. The van der Waals surface area contributed by atoms with Crippen molar-refractivity contribution in [2.75, 3.05) is 0 Å². The van der Waals surface area contributed by atoms with Crippen molar-refractivity contribution in [1.82, 2.24) is 0 Å². The number of ketones is 1. The van der Waals surface area contributed by atoms with Crippen molar-refractivity contribution in [2.24, 2.45) is 4.99 Å². The number of fused-ring (bicyclic) bond motifs is 1. The number of benzene rings is 1. The number of rotatable bonds is 1. The number of carbonyl (C=O) groups is 1. The number of hydrogen-bond donors (Lipinski definition) is 1. The Kier molecular flexibility index (Phi) is 2.36. The van der Waals surface area contributed by atoms with Crippen molar-refractivity contribution in [3.05, 3.63) is 29.8 Å². The molecule has 0 bridgehead atoms. The minimum atomic E-state index is -4.82. The summed E-state index contributed by atoms with van der Waals surface area (Å²) in [4.78, 5) is 14.9. The third-order valence-corrected chi connectivity index (χ3v) is 3.15. The van der Waals surface area contributed by atoms with E-state index in [9.17, 15) is 17.6 Å². The normalized spacial score (nSPS) is 20.2. The first kappa shape index (κ1) is 10.9.